The Balaban J connectivity index is 0. The van der Waals surface area contributed by atoms with Gasteiger partial charge >= 0.3 is 57.4 Å². The Morgan fingerprint density at radius 1 is 1.47 bits per heavy atom. The van der Waals surface area contributed by atoms with Crippen molar-refractivity contribution in [1.82, 2.24) is 0 Å². The van der Waals surface area contributed by atoms with Crippen LogP contribution in [0.3, 0.4) is 0 Å². The summed E-state index contributed by atoms with van der Waals surface area (Å²) >= 11 is 3.25. The maximum atomic E-state index is 10.4. The van der Waals surface area contributed by atoms with E-state index in [1.165, 1.54) is 0 Å². The largest absolute Gasteiger partial charge is 1.00 e. The van der Waals surface area contributed by atoms with Gasteiger partial charge in [-0.3, -0.25) is 0 Å². The molecule has 0 saturated carbocycles. The molecular weight excluding hydrogens is 285 g/mol. The van der Waals surface area contributed by atoms with Crippen LogP contribution in [-0.4, -0.2) is 11.1 Å². The third-order valence-corrected chi connectivity index (χ3v) is 2.07. The molecule has 0 fully saturated rings. The average Bonchev–Trinajstić information content (AvgIpc) is 2.15. The van der Waals surface area contributed by atoms with Crippen LogP contribution in [0.4, 0.5) is 0 Å². The van der Waals surface area contributed by atoms with Crippen LogP contribution < -0.4 is 51.4 Å². The second kappa shape index (κ2) is 7.33. The van der Waals surface area contributed by atoms with Gasteiger partial charge in [0.2, 0.25) is 0 Å². The van der Waals surface area contributed by atoms with Gasteiger partial charge in [-0.1, -0.05) is 28.1 Å². The molecule has 1 aromatic carbocycles. The molecule has 0 aromatic heterocycles. The number of nitrogens with zero attached hydrogens (tertiary/aromatic N) is 1. The van der Waals surface area contributed by atoms with E-state index < -0.39 is 5.97 Å². The number of aliphatic carboxylic acids is 1. The molecule has 0 aliphatic heterocycles. The van der Waals surface area contributed by atoms with E-state index in [0.717, 1.165) is 10.5 Å². The fourth-order valence-electron chi connectivity index (χ4n) is 0.933. The molecule has 0 heterocycles. The van der Waals surface area contributed by atoms with E-state index in [4.69, 9.17) is 10.4 Å². The van der Waals surface area contributed by atoms with Crippen molar-refractivity contribution in [2.75, 3.05) is 0 Å². The molecule has 3 nitrogen and oxygen atoms in total. The number of halogens is 1. The van der Waals surface area contributed by atoms with Crippen molar-refractivity contribution >= 4 is 27.5 Å². The molecule has 1 aromatic rings. The Morgan fingerprint density at radius 2 is 2.00 bits per heavy atom. The Morgan fingerprint density at radius 3 is 2.40 bits per heavy atom. The summed E-state index contributed by atoms with van der Waals surface area (Å²) in [5.74, 6) is -1.12. The van der Waals surface area contributed by atoms with Crippen molar-refractivity contribution < 1.29 is 62.7 Å². The topological polar surface area (TPSA) is 61.1 Å². The van der Waals surface area contributed by atoms with Gasteiger partial charge in [0.05, 0.1) is 5.57 Å². The van der Waals surface area contributed by atoms with Gasteiger partial charge < -0.3 is 6.53 Å². The zero-order valence-electron chi connectivity index (χ0n) is 9.07. The summed E-state index contributed by atoms with van der Waals surface area (Å²) in [6, 6.07) is 8.70. The van der Waals surface area contributed by atoms with Crippen LogP contribution >= 0.6 is 15.9 Å². The molecule has 0 aliphatic carbocycles. The quantitative estimate of drug-likeness (QED) is 0.456. The zero-order chi connectivity index (χ0) is 10.6. The van der Waals surface area contributed by atoms with Gasteiger partial charge in [0.25, 0.3) is 0 Å². The van der Waals surface area contributed by atoms with Crippen molar-refractivity contribution in [2.24, 2.45) is 0 Å². The van der Waals surface area contributed by atoms with Crippen molar-refractivity contribution in [3.63, 3.8) is 0 Å². The molecule has 0 spiro atoms. The molecule has 1 N–H and O–H groups in total. The Bertz CT molecular complexity index is 425. The Labute approximate surface area is 140 Å². The van der Waals surface area contributed by atoms with Crippen molar-refractivity contribution in [3.8, 4) is 6.07 Å². The standard InChI is InChI=1S/C10H6BrNO2.K.H/c11-9-3-1-7(2-4-9)8(6-12)5-10(13)14;;/h1-5H,(H,13,14);;/q;+1;-1/b8-5-;;. The number of carboxylic acids is 1. The summed E-state index contributed by atoms with van der Waals surface area (Å²) in [5, 5.41) is 17.2. The number of rotatable bonds is 2. The van der Waals surface area contributed by atoms with Crippen LogP contribution in [0.5, 0.6) is 0 Å². The number of carbonyl (C=O) groups is 1. The van der Waals surface area contributed by atoms with Crippen LogP contribution in [-0.2, 0) is 4.79 Å². The average molecular weight is 292 g/mol. The number of carboxylic acid groups (broad SMARTS) is 1. The Kier molecular flexibility index (Phi) is 7.35. The molecule has 0 radical (unpaired) electrons. The molecule has 0 unspecified atom stereocenters. The van der Waals surface area contributed by atoms with Gasteiger partial charge in [-0.05, 0) is 17.7 Å². The molecule has 0 amide bonds. The van der Waals surface area contributed by atoms with Crippen LogP contribution in [0.15, 0.2) is 34.8 Å². The first-order chi connectivity index (χ1) is 6.63. The maximum absolute atomic E-state index is 10.4. The number of hydrogen-bond acceptors (Lipinski definition) is 2. The predicted octanol–water partition coefficient (Wildman–Crippen LogP) is -0.443. The van der Waals surface area contributed by atoms with Crippen LogP contribution in [0.25, 0.3) is 5.57 Å². The Hall–Kier alpha value is 0.0364. The smallest absolute Gasteiger partial charge is 1.00 e. The van der Waals surface area contributed by atoms with Crippen molar-refractivity contribution in [1.29, 1.82) is 5.26 Å². The molecule has 1 rings (SSSR count). The predicted molar refractivity (Wildman–Crippen MR) is 56.5 cm³/mol. The molecular formula is C10H7BrKNO2. The normalized spacial score (nSPS) is 10.0. The van der Waals surface area contributed by atoms with Crippen LogP contribution in [0, 0.1) is 11.3 Å². The first-order valence-corrected chi connectivity index (χ1v) is 4.53. The monoisotopic (exact) mass is 291 g/mol. The third kappa shape index (κ3) is 5.07. The fraction of sp³-hybridized carbons (Fsp3) is 0. The minimum atomic E-state index is -1.12. The van der Waals surface area contributed by atoms with Crippen molar-refractivity contribution in [2.45, 2.75) is 0 Å². The van der Waals surface area contributed by atoms with Gasteiger partial charge in [0, 0.05) is 10.5 Å². The minimum absolute atomic E-state index is 0. The summed E-state index contributed by atoms with van der Waals surface area (Å²) in [4.78, 5) is 10.4. The van der Waals surface area contributed by atoms with Gasteiger partial charge in [-0.25, -0.2) is 4.79 Å². The van der Waals surface area contributed by atoms with Gasteiger partial charge in [0.15, 0.2) is 0 Å². The van der Waals surface area contributed by atoms with E-state index in [2.05, 4.69) is 15.9 Å². The van der Waals surface area contributed by atoms with Gasteiger partial charge in [-0.15, -0.1) is 0 Å². The number of benzene rings is 1. The summed E-state index contributed by atoms with van der Waals surface area (Å²) in [6.45, 7) is 0. The molecule has 0 bridgehead atoms. The number of allylic oxidation sites excluding steroid dienone is 1. The molecule has 5 heteroatoms. The summed E-state index contributed by atoms with van der Waals surface area (Å²) < 4.78 is 0.883. The zero-order valence-corrected chi connectivity index (χ0v) is 12.8. The third-order valence-electron chi connectivity index (χ3n) is 1.54. The minimum Gasteiger partial charge on any atom is -1.00 e. The number of hydrogen-bond donors (Lipinski definition) is 1. The molecule has 0 atom stereocenters. The van der Waals surface area contributed by atoms with E-state index >= 15 is 0 Å². The summed E-state index contributed by atoms with van der Waals surface area (Å²) in [5.41, 5.74) is 0.739. The number of nitriles is 1. The van der Waals surface area contributed by atoms with E-state index in [1.807, 2.05) is 6.07 Å². The molecule has 0 aliphatic rings. The van der Waals surface area contributed by atoms with Gasteiger partial charge in [-0.2, -0.15) is 5.26 Å². The SMILES string of the molecule is N#C/C(=C/C(=O)O)c1ccc(Br)cc1.[H-].[K+]. The first-order valence-electron chi connectivity index (χ1n) is 3.74. The van der Waals surface area contributed by atoms with Crippen LogP contribution in [0.1, 0.15) is 6.99 Å². The summed E-state index contributed by atoms with van der Waals surface area (Å²) in [7, 11) is 0. The second-order valence-corrected chi connectivity index (χ2v) is 3.43. The van der Waals surface area contributed by atoms with E-state index in [9.17, 15) is 4.79 Å². The van der Waals surface area contributed by atoms with E-state index in [-0.39, 0.29) is 58.4 Å². The van der Waals surface area contributed by atoms with Crippen molar-refractivity contribution in [3.05, 3.63) is 40.4 Å². The summed E-state index contributed by atoms with van der Waals surface area (Å²) in [6.07, 6.45) is 0.892. The maximum Gasteiger partial charge on any atom is 1.00 e. The van der Waals surface area contributed by atoms with E-state index in [0.29, 0.717) is 5.56 Å². The van der Waals surface area contributed by atoms with E-state index in [1.54, 1.807) is 24.3 Å². The molecule has 15 heavy (non-hydrogen) atoms. The fourth-order valence-corrected chi connectivity index (χ4v) is 1.20. The molecule has 72 valence electrons. The van der Waals surface area contributed by atoms with Gasteiger partial charge in [0.1, 0.15) is 6.07 Å². The molecule has 0 saturated heterocycles. The first kappa shape index (κ1) is 15.0. The second-order valence-electron chi connectivity index (χ2n) is 2.51. The van der Waals surface area contributed by atoms with Crippen LogP contribution in [0.2, 0.25) is 0 Å².